The molecule has 0 rings (SSSR count). The number of rotatable bonds is 49. The van der Waals surface area contributed by atoms with Crippen LogP contribution >= 0.6 is 0 Å². The lowest BCUT2D eigenvalue weighted by Crippen LogP contribution is -2.46. The maximum atomic E-state index is 13.2. The van der Waals surface area contributed by atoms with Crippen LogP contribution in [0.15, 0.2) is 60.8 Å². The Kier molecular flexibility index (Phi) is 49.6. The predicted octanol–water partition coefficient (Wildman–Crippen LogP) is 16.8. The zero-order valence-corrected chi connectivity index (χ0v) is 42.4. The number of carbonyl (C=O) groups is 2. The van der Waals surface area contributed by atoms with Crippen molar-refractivity contribution in [3.63, 3.8) is 0 Å². The van der Waals surface area contributed by atoms with Crippen molar-refractivity contribution in [1.82, 2.24) is 5.32 Å². The second-order valence-electron chi connectivity index (χ2n) is 18.6. The second kappa shape index (κ2) is 51.5. The number of carbonyl (C=O) groups excluding carboxylic acids is 2. The Bertz CT molecular complexity index is 1140. The second-order valence-corrected chi connectivity index (χ2v) is 18.6. The summed E-state index contributed by atoms with van der Waals surface area (Å²) in [6.45, 7) is 6.36. The molecule has 3 unspecified atom stereocenters. The van der Waals surface area contributed by atoms with E-state index in [-0.39, 0.29) is 24.9 Å². The Labute approximate surface area is 397 Å². The van der Waals surface area contributed by atoms with Gasteiger partial charge < -0.3 is 20.3 Å². The molecule has 0 aliphatic rings. The minimum atomic E-state index is -0.802. The maximum absolute atomic E-state index is 13.2. The third-order valence-electron chi connectivity index (χ3n) is 12.4. The lowest BCUT2D eigenvalue weighted by atomic mass is 10.0. The van der Waals surface area contributed by atoms with Crippen LogP contribution in [0.4, 0.5) is 0 Å². The fourth-order valence-corrected chi connectivity index (χ4v) is 8.23. The topological polar surface area (TPSA) is 95.9 Å². The highest BCUT2D eigenvalue weighted by molar-refractivity contribution is 5.77. The van der Waals surface area contributed by atoms with Crippen LogP contribution < -0.4 is 5.32 Å². The zero-order chi connectivity index (χ0) is 46.7. The summed E-state index contributed by atoms with van der Waals surface area (Å²) in [4.78, 5) is 26.2. The van der Waals surface area contributed by atoms with Crippen LogP contribution in [0.5, 0.6) is 0 Å². The molecule has 6 heteroatoms. The summed E-state index contributed by atoms with van der Waals surface area (Å²) in [6, 6.07) is -0.719. The van der Waals surface area contributed by atoms with Gasteiger partial charge in [-0.15, -0.1) is 0 Å². The molecule has 64 heavy (non-hydrogen) atoms. The maximum Gasteiger partial charge on any atom is 0.306 e. The molecule has 0 heterocycles. The van der Waals surface area contributed by atoms with Gasteiger partial charge in [0.2, 0.25) is 5.91 Å². The van der Waals surface area contributed by atoms with E-state index in [1.807, 2.05) is 0 Å². The number of esters is 1. The molecule has 3 atom stereocenters. The van der Waals surface area contributed by atoms with Gasteiger partial charge in [-0.2, -0.15) is 0 Å². The number of aliphatic hydroxyl groups excluding tert-OH is 2. The van der Waals surface area contributed by atoms with Gasteiger partial charge in [0, 0.05) is 6.42 Å². The van der Waals surface area contributed by atoms with Crippen LogP contribution in [-0.2, 0) is 14.3 Å². The summed E-state index contributed by atoms with van der Waals surface area (Å²) in [5.41, 5.74) is 0. The van der Waals surface area contributed by atoms with E-state index in [0.29, 0.717) is 19.3 Å². The van der Waals surface area contributed by atoms with Gasteiger partial charge in [0.15, 0.2) is 0 Å². The first-order valence-corrected chi connectivity index (χ1v) is 27.5. The number of ether oxygens (including phenoxy) is 1. The van der Waals surface area contributed by atoms with Crippen LogP contribution in [0.3, 0.4) is 0 Å². The highest BCUT2D eigenvalue weighted by atomic mass is 16.5. The number of allylic oxidation sites excluding steroid dienone is 10. The van der Waals surface area contributed by atoms with Gasteiger partial charge in [-0.1, -0.05) is 255 Å². The number of amides is 1. The molecule has 0 aromatic heterocycles. The molecule has 1 amide bonds. The van der Waals surface area contributed by atoms with Crippen molar-refractivity contribution >= 4 is 11.9 Å². The van der Waals surface area contributed by atoms with Crippen molar-refractivity contribution in [2.45, 2.75) is 289 Å². The van der Waals surface area contributed by atoms with E-state index < -0.39 is 18.2 Å². The predicted molar refractivity (Wildman–Crippen MR) is 278 cm³/mol. The molecule has 372 valence electrons. The number of aliphatic hydroxyl groups is 2. The molecule has 0 spiro atoms. The lowest BCUT2D eigenvalue weighted by molar-refractivity contribution is -0.151. The molecule has 0 aliphatic carbocycles. The highest BCUT2D eigenvalue weighted by Crippen LogP contribution is 2.18. The summed E-state index contributed by atoms with van der Waals surface area (Å²) in [7, 11) is 0. The molecule has 6 nitrogen and oxygen atoms in total. The Morgan fingerprint density at radius 3 is 1.25 bits per heavy atom. The summed E-state index contributed by atoms with van der Waals surface area (Å²) < 4.78 is 5.93. The summed E-state index contributed by atoms with van der Waals surface area (Å²) in [5, 5.41) is 23.8. The number of unbranched alkanes of at least 4 members (excludes halogenated alkanes) is 27. The zero-order valence-electron chi connectivity index (χ0n) is 42.4. The Hall–Kier alpha value is -2.44. The fraction of sp³-hybridized carbons (Fsp3) is 0.793. The van der Waals surface area contributed by atoms with Gasteiger partial charge in [-0.3, -0.25) is 9.59 Å². The van der Waals surface area contributed by atoms with E-state index in [1.54, 1.807) is 0 Å². The third kappa shape index (κ3) is 46.1. The molecule has 0 saturated heterocycles. The molecular formula is C58H105NO5. The first-order valence-electron chi connectivity index (χ1n) is 27.5. The molecule has 0 aromatic carbocycles. The van der Waals surface area contributed by atoms with Crippen LogP contribution in [-0.4, -0.2) is 46.9 Å². The van der Waals surface area contributed by atoms with Gasteiger partial charge in [0.25, 0.3) is 0 Å². The van der Waals surface area contributed by atoms with E-state index in [1.165, 1.54) is 141 Å². The molecule has 0 fully saturated rings. The summed E-state index contributed by atoms with van der Waals surface area (Å²) in [6.07, 6.45) is 64.3. The van der Waals surface area contributed by atoms with E-state index >= 15 is 0 Å². The van der Waals surface area contributed by atoms with Crippen molar-refractivity contribution in [3.8, 4) is 0 Å². The van der Waals surface area contributed by atoms with Gasteiger partial charge in [-0.25, -0.2) is 0 Å². The van der Waals surface area contributed by atoms with Gasteiger partial charge >= 0.3 is 5.97 Å². The highest BCUT2D eigenvalue weighted by Gasteiger charge is 2.24. The fourth-order valence-electron chi connectivity index (χ4n) is 8.23. The largest absolute Gasteiger partial charge is 0.462 e. The average Bonchev–Trinajstić information content (AvgIpc) is 3.29. The molecule has 0 aliphatic heterocycles. The minimum absolute atomic E-state index is 0.0398. The van der Waals surface area contributed by atoms with Crippen LogP contribution in [0.2, 0.25) is 0 Å². The third-order valence-corrected chi connectivity index (χ3v) is 12.4. The molecule has 0 saturated carbocycles. The van der Waals surface area contributed by atoms with Crippen LogP contribution in [0.1, 0.15) is 271 Å². The molecule has 0 radical (unpaired) electrons. The van der Waals surface area contributed by atoms with E-state index in [4.69, 9.17) is 4.74 Å². The van der Waals surface area contributed by atoms with Crippen molar-refractivity contribution in [2.24, 2.45) is 0 Å². The Morgan fingerprint density at radius 2 is 0.844 bits per heavy atom. The van der Waals surface area contributed by atoms with Gasteiger partial charge in [0.05, 0.1) is 25.2 Å². The average molecular weight is 896 g/mol. The van der Waals surface area contributed by atoms with Crippen LogP contribution in [0.25, 0.3) is 0 Å². The lowest BCUT2D eigenvalue weighted by Gasteiger charge is -2.24. The number of hydrogen-bond donors (Lipinski definition) is 3. The number of nitrogens with one attached hydrogen (secondary N) is 1. The van der Waals surface area contributed by atoms with Crippen molar-refractivity contribution in [3.05, 3.63) is 60.8 Å². The Balaban J connectivity index is 4.65. The molecule has 0 bridgehead atoms. The first kappa shape index (κ1) is 61.6. The van der Waals surface area contributed by atoms with Crippen molar-refractivity contribution < 1.29 is 24.5 Å². The van der Waals surface area contributed by atoms with E-state index in [0.717, 1.165) is 83.5 Å². The SMILES string of the molecule is CC/C=C\C/C=C\C/C=C\C/C=C\C/C=C\CCCC(CC(=O)NC(CO)C(O)CCCCCCCCCCCCC)OC(=O)CCCCCCCCCCCCCCCCCCC. The monoisotopic (exact) mass is 896 g/mol. The van der Waals surface area contributed by atoms with E-state index in [9.17, 15) is 19.8 Å². The van der Waals surface area contributed by atoms with Gasteiger partial charge in [-0.05, 0) is 64.2 Å². The standard InChI is InChI=1S/C58H105NO5/c1-4-7-10-13-16-19-22-24-26-28-30-32-35-37-40-43-46-49-54(52-57(62)59-55(53-60)56(61)50-47-44-41-38-34-21-18-15-12-9-6-3)64-58(63)51-48-45-42-39-36-33-31-29-27-25-23-20-17-14-11-8-5-2/h7,10,16,19,24,26,30,32,37,40,54-56,60-61H,4-6,8-9,11-15,17-18,20-23,25,27-29,31,33-36,38-39,41-53H2,1-3H3,(H,59,62)/b10-7-,19-16-,26-24-,32-30-,40-37-. The normalized spacial score (nSPS) is 13.6. The van der Waals surface area contributed by atoms with Crippen LogP contribution in [0, 0.1) is 0 Å². The molecule has 0 aromatic rings. The van der Waals surface area contributed by atoms with Crippen molar-refractivity contribution in [1.29, 1.82) is 0 Å². The molecular weight excluding hydrogens is 791 g/mol. The van der Waals surface area contributed by atoms with Crippen molar-refractivity contribution in [2.75, 3.05) is 6.61 Å². The summed E-state index contributed by atoms with van der Waals surface area (Å²) >= 11 is 0. The minimum Gasteiger partial charge on any atom is -0.462 e. The first-order chi connectivity index (χ1) is 31.5. The quantitative estimate of drug-likeness (QED) is 0.0321. The number of hydrogen-bond acceptors (Lipinski definition) is 5. The molecule has 3 N–H and O–H groups in total. The Morgan fingerprint density at radius 1 is 0.469 bits per heavy atom. The van der Waals surface area contributed by atoms with E-state index in [2.05, 4.69) is 86.8 Å². The summed E-state index contributed by atoms with van der Waals surface area (Å²) in [5.74, 6) is -0.522. The van der Waals surface area contributed by atoms with Gasteiger partial charge in [0.1, 0.15) is 6.10 Å². The smallest absolute Gasteiger partial charge is 0.306 e.